The Balaban J connectivity index is 1.03. The first kappa shape index (κ1) is 46.1. The lowest BCUT2D eigenvalue weighted by Gasteiger charge is -2.28. The van der Waals surface area contributed by atoms with Crippen LogP contribution in [0.3, 0.4) is 0 Å². The minimum Gasteiger partial charge on any atom is -0.485 e. The van der Waals surface area contributed by atoms with E-state index in [2.05, 4.69) is 4.98 Å². The number of carbonyl (C=O) groups is 2. The van der Waals surface area contributed by atoms with Gasteiger partial charge in [0.25, 0.3) is 0 Å². The number of thiazole rings is 2. The predicted octanol–water partition coefficient (Wildman–Crippen LogP) is 13.2. The fourth-order valence-electron chi connectivity index (χ4n) is 6.31. The second-order valence-corrected chi connectivity index (χ2v) is 18.3. The van der Waals surface area contributed by atoms with E-state index in [0.717, 1.165) is 38.2 Å². The van der Waals surface area contributed by atoms with Gasteiger partial charge in [0.15, 0.2) is 0 Å². The van der Waals surface area contributed by atoms with E-state index >= 15 is 0 Å². The third-order valence-electron chi connectivity index (χ3n) is 9.77. The van der Waals surface area contributed by atoms with Crippen LogP contribution in [-0.4, -0.2) is 33.1 Å². The molecule has 2 atom stereocenters. The first-order chi connectivity index (χ1) is 29.0. The van der Waals surface area contributed by atoms with E-state index in [4.69, 9.17) is 40.3 Å². The largest absolute Gasteiger partial charge is 0.485 e. The smallest absolute Gasteiger partial charge is 0.416 e. The highest BCUT2D eigenvalue weighted by Crippen LogP contribution is 2.39. The molecule has 2 aromatic heterocycles. The maximum Gasteiger partial charge on any atom is 0.416 e. The average Bonchev–Trinajstić information content (AvgIpc) is 3.79. The Morgan fingerprint density at radius 1 is 0.613 bits per heavy atom. The van der Waals surface area contributed by atoms with Crippen molar-refractivity contribution in [3.63, 3.8) is 0 Å². The molecule has 0 aliphatic rings. The highest BCUT2D eigenvalue weighted by molar-refractivity contribution is 7.15. The Bertz CT molecular complexity index is 2590. The highest BCUT2D eigenvalue weighted by Gasteiger charge is 2.40. The van der Waals surface area contributed by atoms with Gasteiger partial charge in [-0.15, -0.1) is 22.7 Å². The lowest BCUT2D eigenvalue weighted by molar-refractivity contribution is -0.178. The van der Waals surface area contributed by atoms with Crippen molar-refractivity contribution in [1.29, 1.82) is 0 Å². The molecule has 6 rings (SSSR count). The number of alkyl halides is 3. The quantitative estimate of drug-likeness (QED) is 0.0780. The van der Waals surface area contributed by atoms with Gasteiger partial charge in [0.05, 0.1) is 26.7 Å². The van der Waals surface area contributed by atoms with Crippen LogP contribution in [-0.2, 0) is 20.5 Å². The van der Waals surface area contributed by atoms with Crippen LogP contribution in [0.4, 0.5) is 13.2 Å². The van der Waals surface area contributed by atoms with Crippen LogP contribution in [0.1, 0.15) is 91.6 Å². The molecule has 0 saturated carbocycles. The van der Waals surface area contributed by atoms with Gasteiger partial charge in [0, 0.05) is 16.1 Å². The number of ether oxygens (including phenoxy) is 5. The number of rotatable bonds is 14. The molecule has 62 heavy (non-hydrogen) atoms. The second-order valence-electron chi connectivity index (χ2n) is 15.8. The molecule has 0 aliphatic carbocycles. The summed E-state index contributed by atoms with van der Waals surface area (Å²) in [5, 5.41) is 2.11. The van der Waals surface area contributed by atoms with Gasteiger partial charge in [-0.25, -0.2) is 19.6 Å². The third-order valence-corrected chi connectivity index (χ3v) is 12.8. The SMILES string of the molecule is Cc1cc(OC(C)c2sc(-c3ccc(Cl)cc3)nc2C)ccc1OC(C)(C)C(=O)OC(=O)C(C)(C)Oc1ccc(OC(C)c2sc(-c3ccc(C(F)(F)F)cc3)nc2C)cc1C. The normalized spacial score (nSPS) is 13.0. The Labute approximate surface area is 371 Å². The summed E-state index contributed by atoms with van der Waals surface area (Å²) >= 11 is 8.96. The van der Waals surface area contributed by atoms with Crippen molar-refractivity contribution in [1.82, 2.24) is 9.97 Å². The molecular formula is C47H46ClF3N2O7S2. The van der Waals surface area contributed by atoms with Crippen LogP contribution in [0.15, 0.2) is 84.9 Å². The summed E-state index contributed by atoms with van der Waals surface area (Å²) in [6, 6.07) is 22.8. The minimum absolute atomic E-state index is 0.290. The van der Waals surface area contributed by atoms with Crippen LogP contribution < -0.4 is 18.9 Å². The van der Waals surface area contributed by atoms with Crippen LogP contribution in [0.2, 0.25) is 5.02 Å². The van der Waals surface area contributed by atoms with E-state index in [1.54, 1.807) is 48.6 Å². The molecule has 0 N–H and O–H groups in total. The van der Waals surface area contributed by atoms with Crippen LogP contribution >= 0.6 is 34.3 Å². The predicted molar refractivity (Wildman–Crippen MR) is 236 cm³/mol. The zero-order valence-electron chi connectivity index (χ0n) is 35.8. The summed E-state index contributed by atoms with van der Waals surface area (Å²) in [7, 11) is 0. The van der Waals surface area contributed by atoms with Crippen molar-refractivity contribution >= 4 is 46.2 Å². The number of carbonyl (C=O) groups excluding carboxylic acids is 2. The number of halogens is 4. The monoisotopic (exact) mass is 906 g/mol. The van der Waals surface area contributed by atoms with Gasteiger partial charge >= 0.3 is 18.1 Å². The number of nitrogens with zero attached hydrogens (tertiary/aromatic N) is 2. The molecule has 4 aromatic carbocycles. The third kappa shape index (κ3) is 10.8. The molecule has 0 bridgehead atoms. The summed E-state index contributed by atoms with van der Waals surface area (Å²) in [6.07, 6.45) is -5.14. The fraction of sp³-hybridized carbons (Fsp3) is 0.319. The summed E-state index contributed by atoms with van der Waals surface area (Å²) in [5.74, 6) is 0.0803. The van der Waals surface area contributed by atoms with E-state index in [1.807, 2.05) is 65.0 Å². The topological polar surface area (TPSA) is 106 Å². The molecule has 0 spiro atoms. The van der Waals surface area contributed by atoms with Crippen LogP contribution in [0, 0.1) is 27.7 Å². The molecule has 0 aliphatic heterocycles. The zero-order valence-corrected chi connectivity index (χ0v) is 38.2. The fourth-order valence-corrected chi connectivity index (χ4v) is 8.54. The second kappa shape index (κ2) is 18.1. The maximum atomic E-state index is 13.4. The summed E-state index contributed by atoms with van der Waals surface area (Å²) < 4.78 is 69.2. The summed E-state index contributed by atoms with van der Waals surface area (Å²) in [4.78, 5) is 37.9. The van der Waals surface area contributed by atoms with Gasteiger partial charge < -0.3 is 23.7 Å². The van der Waals surface area contributed by atoms with Gasteiger partial charge in [0.2, 0.25) is 11.2 Å². The lowest BCUT2D eigenvalue weighted by Crippen LogP contribution is -2.46. The zero-order chi connectivity index (χ0) is 45.3. The molecule has 6 aromatic rings. The number of hydrogen-bond acceptors (Lipinski definition) is 11. The van der Waals surface area contributed by atoms with Crippen molar-refractivity contribution in [3.8, 4) is 44.1 Å². The molecule has 9 nitrogen and oxygen atoms in total. The molecule has 15 heteroatoms. The Morgan fingerprint density at radius 3 is 1.37 bits per heavy atom. The van der Waals surface area contributed by atoms with Gasteiger partial charge in [-0.3, -0.25) is 0 Å². The van der Waals surface area contributed by atoms with Crippen molar-refractivity contribution in [2.45, 2.75) is 98.8 Å². The number of benzene rings is 4. The molecule has 2 heterocycles. The van der Waals surface area contributed by atoms with Gasteiger partial charge in [-0.1, -0.05) is 35.9 Å². The minimum atomic E-state index is -4.42. The molecule has 2 unspecified atom stereocenters. The Kier molecular flexibility index (Phi) is 13.5. The number of hydrogen-bond donors (Lipinski definition) is 0. The molecular weight excluding hydrogens is 861 g/mol. The van der Waals surface area contributed by atoms with Crippen molar-refractivity contribution in [2.24, 2.45) is 0 Å². The van der Waals surface area contributed by atoms with Crippen LogP contribution in [0.25, 0.3) is 21.1 Å². The Hall–Kier alpha value is -5.44. The highest BCUT2D eigenvalue weighted by atomic mass is 35.5. The summed E-state index contributed by atoms with van der Waals surface area (Å²) in [5.41, 5.74) is 0.635. The van der Waals surface area contributed by atoms with E-state index in [1.165, 1.54) is 51.2 Å². The average molecular weight is 907 g/mol. The number of aromatic nitrogens is 2. The van der Waals surface area contributed by atoms with Crippen molar-refractivity contribution in [2.75, 3.05) is 0 Å². The van der Waals surface area contributed by atoms with Gasteiger partial charge in [-0.2, -0.15) is 13.2 Å². The standard InChI is InChI=1S/C47H46ClF3N2O7S2/c1-25-23-35(56-29(5)39-27(3)52-41(61-39)31-11-15-33(16-12-31)47(49,50)51)19-21-37(25)59-45(7,8)43(54)58-44(55)46(9,10)60-38-22-20-36(24-26(38)2)57-30(6)40-28(4)53-42(62-40)32-13-17-34(48)18-14-32/h11-24,29-30H,1-10H3. The first-order valence-electron chi connectivity index (χ1n) is 19.6. The van der Waals surface area contributed by atoms with E-state index in [0.29, 0.717) is 55.4 Å². The van der Waals surface area contributed by atoms with E-state index in [-0.39, 0.29) is 6.10 Å². The van der Waals surface area contributed by atoms with E-state index < -0.39 is 41.0 Å². The first-order valence-corrected chi connectivity index (χ1v) is 21.6. The molecule has 0 radical (unpaired) electrons. The molecule has 0 amide bonds. The van der Waals surface area contributed by atoms with E-state index in [9.17, 15) is 22.8 Å². The van der Waals surface area contributed by atoms with Crippen molar-refractivity contribution in [3.05, 3.63) is 128 Å². The van der Waals surface area contributed by atoms with Gasteiger partial charge in [-0.05, 0) is 141 Å². The summed E-state index contributed by atoms with van der Waals surface area (Å²) in [6.45, 7) is 17.2. The Morgan fingerprint density at radius 2 is 1.00 bits per heavy atom. The number of esters is 2. The van der Waals surface area contributed by atoms with Gasteiger partial charge in [0.1, 0.15) is 45.2 Å². The number of aryl methyl sites for hydroxylation is 4. The lowest BCUT2D eigenvalue weighted by atomic mass is 10.1. The van der Waals surface area contributed by atoms with Crippen molar-refractivity contribution < 1.29 is 46.4 Å². The molecule has 326 valence electrons. The van der Waals surface area contributed by atoms with Crippen LogP contribution in [0.5, 0.6) is 23.0 Å². The maximum absolute atomic E-state index is 13.4. The molecule has 0 saturated heterocycles. The molecule has 0 fully saturated rings.